The molecule has 0 aliphatic heterocycles. The molecule has 0 unspecified atom stereocenters. The number of aromatic nitrogens is 2. The van der Waals surface area contributed by atoms with E-state index in [2.05, 4.69) is 9.97 Å². The van der Waals surface area contributed by atoms with Crippen LogP contribution in [0.4, 0.5) is 0 Å². The van der Waals surface area contributed by atoms with E-state index < -0.39 is 11.2 Å². The molecule has 0 aromatic carbocycles. The maximum absolute atomic E-state index is 12.1. The van der Waals surface area contributed by atoms with E-state index in [1.807, 2.05) is 0 Å². The molecule has 1 saturated carbocycles. The summed E-state index contributed by atoms with van der Waals surface area (Å²) in [4.78, 5) is 39.6. The van der Waals surface area contributed by atoms with Crippen molar-refractivity contribution < 1.29 is 4.79 Å². The van der Waals surface area contributed by atoms with Crippen molar-refractivity contribution in [1.29, 1.82) is 0 Å². The van der Waals surface area contributed by atoms with Crippen molar-refractivity contribution >= 4 is 11.4 Å². The minimum Gasteiger partial charge on any atom is -0.311 e. The summed E-state index contributed by atoms with van der Waals surface area (Å²) in [6.07, 6.45) is 8.20. The van der Waals surface area contributed by atoms with Gasteiger partial charge in [0, 0.05) is 5.69 Å². The number of carbonyl (C=O) groups excluding carboxylic acids is 1. The SMILES string of the molecule is CC(=O)/C=C(/CCC1CCCC1)c1c(C)[nH]c(=O)[nH]c1=O. The van der Waals surface area contributed by atoms with Crippen LogP contribution in [0.15, 0.2) is 15.7 Å². The Morgan fingerprint density at radius 3 is 2.48 bits per heavy atom. The lowest BCUT2D eigenvalue weighted by atomic mass is 9.93. The Morgan fingerprint density at radius 1 is 1.24 bits per heavy atom. The number of ketones is 1. The molecule has 5 nitrogen and oxygen atoms in total. The third-order valence-corrected chi connectivity index (χ3v) is 4.13. The molecule has 0 spiro atoms. The van der Waals surface area contributed by atoms with Gasteiger partial charge in [0.2, 0.25) is 0 Å². The molecular formula is C16H22N2O3. The fourth-order valence-electron chi connectivity index (χ4n) is 3.16. The van der Waals surface area contributed by atoms with Gasteiger partial charge in [-0.1, -0.05) is 25.7 Å². The van der Waals surface area contributed by atoms with Crippen LogP contribution in [0.5, 0.6) is 0 Å². The van der Waals surface area contributed by atoms with Crippen LogP contribution in [0.25, 0.3) is 5.57 Å². The van der Waals surface area contributed by atoms with Gasteiger partial charge in [0.1, 0.15) is 0 Å². The topological polar surface area (TPSA) is 82.8 Å². The Morgan fingerprint density at radius 2 is 1.90 bits per heavy atom. The lowest BCUT2D eigenvalue weighted by Gasteiger charge is -2.12. The second-order valence-corrected chi connectivity index (χ2v) is 5.88. The highest BCUT2D eigenvalue weighted by molar-refractivity contribution is 5.95. The fraction of sp³-hybridized carbons (Fsp3) is 0.562. The van der Waals surface area contributed by atoms with Crippen molar-refractivity contribution in [2.75, 3.05) is 0 Å². The highest BCUT2D eigenvalue weighted by atomic mass is 16.2. The van der Waals surface area contributed by atoms with Gasteiger partial charge in [-0.3, -0.25) is 14.6 Å². The number of nitrogens with one attached hydrogen (secondary N) is 2. The Labute approximate surface area is 123 Å². The molecule has 1 fully saturated rings. The number of allylic oxidation sites excluding steroid dienone is 2. The monoisotopic (exact) mass is 290 g/mol. The van der Waals surface area contributed by atoms with Gasteiger partial charge in [-0.05, 0) is 44.3 Å². The molecule has 1 aromatic heterocycles. The van der Waals surface area contributed by atoms with Crippen molar-refractivity contribution in [1.82, 2.24) is 9.97 Å². The third-order valence-electron chi connectivity index (χ3n) is 4.13. The number of aryl methyl sites for hydroxylation is 1. The van der Waals surface area contributed by atoms with Gasteiger partial charge in [-0.25, -0.2) is 4.79 Å². The fourth-order valence-corrected chi connectivity index (χ4v) is 3.16. The molecule has 0 bridgehead atoms. The molecule has 1 heterocycles. The van der Waals surface area contributed by atoms with Crippen molar-refractivity contribution in [2.45, 2.75) is 52.4 Å². The molecule has 1 aliphatic carbocycles. The molecule has 1 aliphatic rings. The lowest BCUT2D eigenvalue weighted by molar-refractivity contribution is -0.112. The first-order valence-electron chi connectivity index (χ1n) is 7.52. The molecule has 5 heteroatoms. The van der Waals surface area contributed by atoms with Crippen LogP contribution in [-0.4, -0.2) is 15.8 Å². The summed E-state index contributed by atoms with van der Waals surface area (Å²) < 4.78 is 0. The maximum atomic E-state index is 12.1. The molecule has 21 heavy (non-hydrogen) atoms. The second kappa shape index (κ2) is 6.70. The average Bonchev–Trinajstić information content (AvgIpc) is 2.86. The predicted molar refractivity (Wildman–Crippen MR) is 82.3 cm³/mol. The summed E-state index contributed by atoms with van der Waals surface area (Å²) in [5.74, 6) is 0.601. The van der Waals surface area contributed by atoms with E-state index in [0.717, 1.165) is 12.0 Å². The van der Waals surface area contributed by atoms with Gasteiger partial charge < -0.3 is 4.98 Å². The van der Waals surface area contributed by atoms with E-state index in [9.17, 15) is 14.4 Å². The van der Waals surface area contributed by atoms with E-state index in [1.54, 1.807) is 6.92 Å². The van der Waals surface area contributed by atoms with Gasteiger partial charge in [-0.2, -0.15) is 0 Å². The number of carbonyl (C=O) groups is 1. The van der Waals surface area contributed by atoms with Crippen LogP contribution in [0, 0.1) is 12.8 Å². The largest absolute Gasteiger partial charge is 0.325 e. The Bertz CT molecular complexity index is 661. The zero-order chi connectivity index (χ0) is 15.4. The average molecular weight is 290 g/mol. The van der Waals surface area contributed by atoms with Crippen molar-refractivity contribution in [2.24, 2.45) is 5.92 Å². The zero-order valence-electron chi connectivity index (χ0n) is 12.6. The van der Waals surface area contributed by atoms with E-state index in [1.165, 1.54) is 38.7 Å². The molecule has 1 aromatic rings. The number of rotatable bonds is 5. The first kappa shape index (κ1) is 15.5. The summed E-state index contributed by atoms with van der Waals surface area (Å²) in [6, 6.07) is 0. The Kier molecular flexibility index (Phi) is 4.94. The standard InChI is InChI=1S/C16H22N2O3/c1-10(19)9-13(8-7-12-5-3-4-6-12)14-11(2)17-16(21)18-15(14)20/h9,12H,3-8H2,1-2H3,(H2,17,18,20,21)/b13-9-. The molecular weight excluding hydrogens is 268 g/mol. The van der Waals surface area contributed by atoms with E-state index >= 15 is 0 Å². The van der Waals surface area contributed by atoms with Gasteiger partial charge >= 0.3 is 5.69 Å². The minimum atomic E-state index is -0.515. The predicted octanol–water partition coefficient (Wildman–Crippen LogP) is 2.31. The van der Waals surface area contributed by atoms with Crippen LogP contribution in [-0.2, 0) is 4.79 Å². The maximum Gasteiger partial charge on any atom is 0.325 e. The Hall–Kier alpha value is -1.91. The van der Waals surface area contributed by atoms with E-state index in [4.69, 9.17) is 0 Å². The molecule has 2 rings (SSSR count). The van der Waals surface area contributed by atoms with E-state index in [-0.39, 0.29) is 5.78 Å². The lowest BCUT2D eigenvalue weighted by Crippen LogP contribution is -2.27. The molecule has 0 atom stereocenters. The molecule has 2 N–H and O–H groups in total. The van der Waals surface area contributed by atoms with Crippen molar-refractivity contribution in [3.05, 3.63) is 38.2 Å². The molecule has 114 valence electrons. The molecule has 0 radical (unpaired) electrons. The normalized spacial score (nSPS) is 16.4. The van der Waals surface area contributed by atoms with Crippen molar-refractivity contribution in [3.8, 4) is 0 Å². The zero-order valence-corrected chi connectivity index (χ0v) is 12.6. The quantitative estimate of drug-likeness (QED) is 0.816. The summed E-state index contributed by atoms with van der Waals surface area (Å²) >= 11 is 0. The first-order chi connectivity index (χ1) is 9.97. The smallest absolute Gasteiger partial charge is 0.311 e. The van der Waals surface area contributed by atoms with Gasteiger partial charge in [0.05, 0.1) is 5.56 Å². The van der Waals surface area contributed by atoms with Crippen LogP contribution < -0.4 is 11.2 Å². The summed E-state index contributed by atoms with van der Waals surface area (Å²) in [5, 5.41) is 0. The number of hydrogen-bond donors (Lipinski definition) is 2. The third kappa shape index (κ3) is 4.03. The van der Waals surface area contributed by atoms with Crippen LogP contribution in [0.3, 0.4) is 0 Å². The van der Waals surface area contributed by atoms with Crippen LogP contribution >= 0.6 is 0 Å². The summed E-state index contributed by atoms with van der Waals surface area (Å²) in [5.41, 5.74) is 0.740. The van der Waals surface area contributed by atoms with Crippen molar-refractivity contribution in [3.63, 3.8) is 0 Å². The van der Waals surface area contributed by atoms with Crippen LogP contribution in [0.1, 0.15) is 56.7 Å². The first-order valence-corrected chi connectivity index (χ1v) is 7.52. The van der Waals surface area contributed by atoms with Crippen LogP contribution in [0.2, 0.25) is 0 Å². The number of hydrogen-bond acceptors (Lipinski definition) is 3. The van der Waals surface area contributed by atoms with Gasteiger partial charge in [-0.15, -0.1) is 0 Å². The van der Waals surface area contributed by atoms with E-state index in [0.29, 0.717) is 23.6 Å². The molecule has 0 saturated heterocycles. The number of aromatic amines is 2. The second-order valence-electron chi connectivity index (χ2n) is 5.88. The van der Waals surface area contributed by atoms with Gasteiger partial charge in [0.15, 0.2) is 5.78 Å². The number of H-pyrrole nitrogens is 2. The van der Waals surface area contributed by atoms with Gasteiger partial charge in [0.25, 0.3) is 5.56 Å². The molecule has 0 amide bonds. The highest BCUT2D eigenvalue weighted by Crippen LogP contribution is 2.31. The minimum absolute atomic E-state index is 0.0820. The Balaban J connectivity index is 2.30. The highest BCUT2D eigenvalue weighted by Gasteiger charge is 2.18. The summed E-state index contributed by atoms with van der Waals surface area (Å²) in [7, 11) is 0. The summed E-state index contributed by atoms with van der Waals surface area (Å²) in [6.45, 7) is 3.17.